The van der Waals surface area contributed by atoms with Gasteiger partial charge in [0.1, 0.15) is 48.8 Å². The molecule has 0 aromatic heterocycles. The lowest BCUT2D eigenvalue weighted by atomic mass is 9.97. The molecular weight excluding hydrogens is 1120 g/mol. The van der Waals surface area contributed by atoms with Gasteiger partial charge >= 0.3 is 0 Å². The van der Waals surface area contributed by atoms with Gasteiger partial charge in [-0.1, -0.05) is 242 Å². The second-order valence-electron chi connectivity index (χ2n) is 22.9. The molecule has 1 amide bonds. The second-order valence-corrected chi connectivity index (χ2v) is 22.9. The number of aliphatic hydroxyl groups is 8. The van der Waals surface area contributed by atoms with Crippen molar-refractivity contribution in [3.8, 4) is 0 Å². The largest absolute Gasteiger partial charge is 0.394 e. The number of aliphatic hydroxyl groups excluding tert-OH is 8. The number of nitrogens with one attached hydrogen (secondary N) is 1. The van der Waals surface area contributed by atoms with Crippen LogP contribution in [0.3, 0.4) is 0 Å². The maximum absolute atomic E-state index is 13.3. The smallest absolute Gasteiger partial charge is 0.220 e. The summed E-state index contributed by atoms with van der Waals surface area (Å²) in [6.07, 6.45) is 72.7. The summed E-state index contributed by atoms with van der Waals surface area (Å²) in [5.74, 6) is -0.282. The number of carbonyl (C=O) groups excluding carboxylic acids is 1. The molecule has 502 valence electrons. The fourth-order valence-corrected chi connectivity index (χ4v) is 9.76. The summed E-state index contributed by atoms with van der Waals surface area (Å²) in [6, 6.07) is -0.958. The Morgan fingerprint density at radius 3 is 1.24 bits per heavy atom. The Labute approximate surface area is 537 Å². The quantitative estimate of drug-likeness (QED) is 0.0204. The van der Waals surface area contributed by atoms with Crippen molar-refractivity contribution >= 4 is 5.91 Å². The molecular formula is C75H119NO13. The third-order valence-electron chi connectivity index (χ3n) is 15.1. The molecule has 12 atom stereocenters. The van der Waals surface area contributed by atoms with E-state index < -0.39 is 86.8 Å². The first-order valence-electron chi connectivity index (χ1n) is 33.9. The summed E-state index contributed by atoms with van der Waals surface area (Å²) in [7, 11) is 0. The standard InChI is InChI=1S/C75H119NO13/c1-3-5-7-9-11-13-15-17-19-20-21-22-23-24-25-26-27-28-29-30-31-32-33-34-35-36-37-38-39-40-41-42-43-44-45-47-49-51-53-55-57-59-67(80)76-63(64(79)58-56-54-52-50-48-46-18-16-14-12-10-8-6-4-2)62-86-74-72(85)70(83)73(66(61-78)88-74)89-75-71(84)69(82)68(81)65(60-77)87-75/h5,7,11,13,17,19,21-22,24-25,27-28,30-31,33-34,36-37,39-40,42-43,45,47-48,50,56,58,63-66,68-75,77-79,81-85H,3-4,6,8-10,12,14-16,18,20,23,26,29,32,35,38,41,44,46,49,51-55,57,59-62H2,1-2H3,(H,76,80)/b7-5-,13-11-,19-17-,22-21-,25-24-,28-27-,31-30-,34-33-,37-36-,40-39-,43-42-,47-45-,50-48+,58-56+. The topological polar surface area (TPSA) is 228 Å². The normalized spacial score (nSPS) is 24.2. The Kier molecular flexibility index (Phi) is 51.8. The summed E-state index contributed by atoms with van der Waals surface area (Å²) in [5.41, 5.74) is 0. The molecule has 0 spiro atoms. The number of carbonyl (C=O) groups is 1. The Bertz CT molecular complexity index is 2150. The Hall–Kier alpha value is -4.65. The van der Waals surface area contributed by atoms with Crippen LogP contribution in [-0.2, 0) is 23.7 Å². The molecule has 2 rings (SSSR count). The first-order valence-corrected chi connectivity index (χ1v) is 33.9. The monoisotopic (exact) mass is 1240 g/mol. The van der Waals surface area contributed by atoms with E-state index >= 15 is 0 Å². The fourth-order valence-electron chi connectivity index (χ4n) is 9.76. The minimum atomic E-state index is -1.80. The third-order valence-corrected chi connectivity index (χ3v) is 15.1. The Morgan fingerprint density at radius 2 is 0.787 bits per heavy atom. The predicted octanol–water partition coefficient (Wildman–Crippen LogP) is 13.6. The SMILES string of the molecule is CC/C=C\C/C=C\C/C=C\C/C=C\C/C=C\C/C=C\C/C=C\C/C=C\C/C=C\C/C=C\C/C=C\C/C=C\CCCCCCC(=O)NC(COC1OC(CO)C(OC2OC(CO)C(O)C(O)C2O)C(O)C1O)C(O)/C=C/CC/C=C/CCCCCCCCCC. The summed E-state index contributed by atoms with van der Waals surface area (Å²) < 4.78 is 22.7. The van der Waals surface area contributed by atoms with E-state index in [0.29, 0.717) is 12.8 Å². The van der Waals surface area contributed by atoms with Crippen LogP contribution in [0.5, 0.6) is 0 Å². The number of ether oxygens (including phenoxy) is 4. The highest BCUT2D eigenvalue weighted by atomic mass is 16.7. The van der Waals surface area contributed by atoms with Crippen LogP contribution in [-0.4, -0.2) is 140 Å². The predicted molar refractivity (Wildman–Crippen MR) is 363 cm³/mol. The van der Waals surface area contributed by atoms with Gasteiger partial charge in [0.25, 0.3) is 0 Å². The van der Waals surface area contributed by atoms with Crippen molar-refractivity contribution in [2.75, 3.05) is 19.8 Å². The average Bonchev–Trinajstić information content (AvgIpc) is 2.74. The molecule has 9 N–H and O–H groups in total. The lowest BCUT2D eigenvalue weighted by molar-refractivity contribution is -0.359. The molecule has 0 aromatic carbocycles. The van der Waals surface area contributed by atoms with E-state index in [4.69, 9.17) is 18.9 Å². The zero-order valence-electron chi connectivity index (χ0n) is 54.3. The molecule has 12 unspecified atom stereocenters. The number of rotatable bonds is 52. The zero-order chi connectivity index (χ0) is 64.5. The van der Waals surface area contributed by atoms with Crippen LogP contribution in [0.25, 0.3) is 0 Å². The van der Waals surface area contributed by atoms with E-state index in [0.717, 1.165) is 116 Å². The van der Waals surface area contributed by atoms with Crippen molar-refractivity contribution in [2.45, 2.75) is 274 Å². The van der Waals surface area contributed by atoms with Gasteiger partial charge in [-0.2, -0.15) is 0 Å². The van der Waals surface area contributed by atoms with E-state index in [1.54, 1.807) is 6.08 Å². The van der Waals surface area contributed by atoms with Gasteiger partial charge < -0.3 is 65.1 Å². The van der Waals surface area contributed by atoms with Crippen molar-refractivity contribution in [1.29, 1.82) is 0 Å². The number of hydrogen-bond donors (Lipinski definition) is 9. The Morgan fingerprint density at radius 1 is 0.416 bits per heavy atom. The van der Waals surface area contributed by atoms with Gasteiger partial charge in [-0.25, -0.2) is 0 Å². The summed E-state index contributed by atoms with van der Waals surface area (Å²) >= 11 is 0. The molecule has 14 nitrogen and oxygen atoms in total. The Balaban J connectivity index is 1.66. The minimum Gasteiger partial charge on any atom is -0.394 e. The molecule has 0 radical (unpaired) electrons. The number of allylic oxidation sites excluding steroid dienone is 27. The highest BCUT2D eigenvalue weighted by Crippen LogP contribution is 2.30. The van der Waals surface area contributed by atoms with E-state index in [9.17, 15) is 45.6 Å². The molecule has 0 aromatic rings. The van der Waals surface area contributed by atoms with Gasteiger partial charge in [0.05, 0.1) is 32.0 Å². The molecule has 2 fully saturated rings. The summed E-state index contributed by atoms with van der Waals surface area (Å²) in [6.45, 7) is 2.61. The van der Waals surface area contributed by atoms with Crippen molar-refractivity contribution in [3.63, 3.8) is 0 Å². The maximum atomic E-state index is 13.3. The van der Waals surface area contributed by atoms with Gasteiger partial charge in [0.2, 0.25) is 5.91 Å². The van der Waals surface area contributed by atoms with Crippen LogP contribution in [0.4, 0.5) is 0 Å². The van der Waals surface area contributed by atoms with Crippen molar-refractivity contribution in [2.24, 2.45) is 0 Å². The van der Waals surface area contributed by atoms with Gasteiger partial charge in [0, 0.05) is 6.42 Å². The average molecular weight is 1240 g/mol. The van der Waals surface area contributed by atoms with Gasteiger partial charge in [-0.05, 0) is 122 Å². The lowest BCUT2D eigenvalue weighted by Gasteiger charge is -2.46. The van der Waals surface area contributed by atoms with E-state index in [1.807, 2.05) is 6.08 Å². The molecule has 2 aliphatic rings. The van der Waals surface area contributed by atoms with Gasteiger partial charge in [-0.15, -0.1) is 0 Å². The van der Waals surface area contributed by atoms with Crippen LogP contribution in [0.1, 0.15) is 200 Å². The second kappa shape index (κ2) is 57.3. The number of hydrogen-bond acceptors (Lipinski definition) is 13. The van der Waals surface area contributed by atoms with Crippen molar-refractivity contribution < 1.29 is 64.6 Å². The highest BCUT2D eigenvalue weighted by Gasteiger charge is 2.51. The lowest BCUT2D eigenvalue weighted by Crippen LogP contribution is -2.65. The zero-order valence-corrected chi connectivity index (χ0v) is 54.3. The van der Waals surface area contributed by atoms with Crippen molar-refractivity contribution in [1.82, 2.24) is 5.32 Å². The first kappa shape index (κ1) is 80.4. The molecule has 0 bridgehead atoms. The number of unbranched alkanes of at least 4 members (excludes halogenated alkanes) is 13. The molecule has 0 saturated carbocycles. The summed E-state index contributed by atoms with van der Waals surface area (Å²) in [5, 5.41) is 87.1. The molecule has 0 aliphatic carbocycles. The number of amides is 1. The fraction of sp³-hybridized carbons (Fsp3) is 0.613. The first-order chi connectivity index (χ1) is 43.6. The highest BCUT2D eigenvalue weighted by molar-refractivity contribution is 5.76. The minimum absolute atomic E-state index is 0.232. The van der Waals surface area contributed by atoms with Crippen LogP contribution < -0.4 is 5.32 Å². The van der Waals surface area contributed by atoms with Crippen LogP contribution in [0.15, 0.2) is 170 Å². The molecule has 89 heavy (non-hydrogen) atoms. The van der Waals surface area contributed by atoms with Crippen molar-refractivity contribution in [3.05, 3.63) is 170 Å². The van der Waals surface area contributed by atoms with Crippen LogP contribution >= 0.6 is 0 Å². The van der Waals surface area contributed by atoms with Crippen LogP contribution in [0, 0.1) is 0 Å². The maximum Gasteiger partial charge on any atom is 0.220 e. The summed E-state index contributed by atoms with van der Waals surface area (Å²) in [4.78, 5) is 13.3. The molecule has 14 heteroatoms. The van der Waals surface area contributed by atoms with Gasteiger partial charge in [0.15, 0.2) is 12.6 Å². The van der Waals surface area contributed by atoms with E-state index in [-0.39, 0.29) is 18.9 Å². The van der Waals surface area contributed by atoms with E-state index in [1.165, 1.54) is 51.4 Å². The molecule has 2 aliphatic heterocycles. The van der Waals surface area contributed by atoms with Crippen LogP contribution in [0.2, 0.25) is 0 Å². The van der Waals surface area contributed by atoms with E-state index in [2.05, 4.69) is 177 Å². The van der Waals surface area contributed by atoms with Gasteiger partial charge in [-0.3, -0.25) is 4.79 Å². The third kappa shape index (κ3) is 41.5. The molecule has 2 heterocycles. The molecule has 2 saturated heterocycles.